The topological polar surface area (TPSA) is 88.8 Å². The van der Waals surface area contributed by atoms with Crippen molar-refractivity contribution in [1.82, 2.24) is 0 Å². The molecule has 0 bridgehead atoms. The van der Waals surface area contributed by atoms with E-state index < -0.39 is 17.8 Å². The summed E-state index contributed by atoms with van der Waals surface area (Å²) in [6.45, 7) is 1.63. The lowest BCUT2D eigenvalue weighted by molar-refractivity contribution is -0.143. The molecule has 0 radical (unpaired) electrons. The van der Waals surface area contributed by atoms with E-state index in [0.29, 0.717) is 33.9 Å². The van der Waals surface area contributed by atoms with Gasteiger partial charge in [0.05, 0.1) is 12.8 Å². The van der Waals surface area contributed by atoms with Gasteiger partial charge in [0.2, 0.25) is 0 Å². The van der Waals surface area contributed by atoms with E-state index in [0.717, 1.165) is 5.56 Å². The van der Waals surface area contributed by atoms with Crippen LogP contribution in [0.5, 0.6) is 5.75 Å². The number of hydrogen-bond donors (Lipinski definition) is 0. The summed E-state index contributed by atoms with van der Waals surface area (Å²) in [4.78, 5) is 30.7. The number of hydrogen-bond acceptors (Lipinski definition) is 6. The molecule has 29 heavy (non-hydrogen) atoms. The largest absolute Gasteiger partial charge is 0.478 e. The molecular weight excluding hydrogens is 368 g/mol. The molecule has 2 atom stereocenters. The third-order valence-corrected chi connectivity index (χ3v) is 5.31. The molecule has 0 aromatic heterocycles. The molecule has 1 aliphatic carbocycles. The number of rotatable bonds is 4. The highest BCUT2D eigenvalue weighted by molar-refractivity contribution is 6.24. The van der Waals surface area contributed by atoms with Gasteiger partial charge in [0.25, 0.3) is 0 Å². The predicted molar refractivity (Wildman–Crippen MR) is 107 cm³/mol. The number of para-hydroxylation sites is 1. The maximum Gasteiger partial charge on any atom is 0.315 e. The molecule has 144 valence electrons. The normalized spacial score (nSPS) is 19.8. The van der Waals surface area contributed by atoms with E-state index in [1.54, 1.807) is 25.1 Å². The van der Waals surface area contributed by atoms with Gasteiger partial charge in [-0.2, -0.15) is 5.26 Å². The molecule has 4 rings (SSSR count). The van der Waals surface area contributed by atoms with Crippen LogP contribution >= 0.6 is 0 Å². The number of ether oxygens (including phenoxy) is 2. The van der Waals surface area contributed by atoms with Crippen molar-refractivity contribution in [2.45, 2.75) is 12.8 Å². The molecule has 6 nitrogen and oxygen atoms in total. The minimum atomic E-state index is -0.760. The van der Waals surface area contributed by atoms with Crippen LogP contribution in [0.15, 0.2) is 59.1 Å². The van der Waals surface area contributed by atoms with E-state index in [4.69, 9.17) is 14.7 Å². The van der Waals surface area contributed by atoms with Crippen molar-refractivity contribution < 1.29 is 19.1 Å². The van der Waals surface area contributed by atoms with Gasteiger partial charge in [0, 0.05) is 33.9 Å². The second kappa shape index (κ2) is 7.36. The molecule has 2 aromatic carbocycles. The van der Waals surface area contributed by atoms with Crippen LogP contribution < -0.4 is 4.74 Å². The first-order valence-corrected chi connectivity index (χ1v) is 9.18. The van der Waals surface area contributed by atoms with Gasteiger partial charge in [-0.25, -0.2) is 0 Å². The van der Waals surface area contributed by atoms with E-state index in [1.165, 1.54) is 7.11 Å². The summed E-state index contributed by atoms with van der Waals surface area (Å²) in [6.07, 6.45) is 0. The van der Waals surface area contributed by atoms with Crippen LogP contribution in [-0.2, 0) is 9.53 Å². The smallest absolute Gasteiger partial charge is 0.315 e. The van der Waals surface area contributed by atoms with Gasteiger partial charge in [-0.15, -0.1) is 0 Å². The Hall–Kier alpha value is -3.72. The number of nitriles is 1. The fourth-order valence-electron chi connectivity index (χ4n) is 4.10. The van der Waals surface area contributed by atoms with Crippen LogP contribution in [0.2, 0.25) is 0 Å². The first-order valence-electron chi connectivity index (χ1n) is 9.18. The number of fused-ring (bicyclic) bond motifs is 2. The third-order valence-electron chi connectivity index (χ3n) is 5.31. The average molecular weight is 386 g/mol. The molecule has 0 fully saturated rings. The van der Waals surface area contributed by atoms with Gasteiger partial charge in [-0.3, -0.25) is 14.6 Å². The summed E-state index contributed by atoms with van der Waals surface area (Å²) in [5.74, 6) is -1.55. The van der Waals surface area contributed by atoms with Gasteiger partial charge in [-0.1, -0.05) is 42.5 Å². The molecule has 0 saturated heterocycles. The maximum absolute atomic E-state index is 13.3. The highest BCUT2D eigenvalue weighted by atomic mass is 16.5. The van der Waals surface area contributed by atoms with Crippen LogP contribution in [-0.4, -0.2) is 31.2 Å². The lowest BCUT2D eigenvalue weighted by Gasteiger charge is -2.31. The molecule has 0 N–H and O–H groups in total. The molecule has 1 aliphatic heterocycles. The van der Waals surface area contributed by atoms with Crippen LogP contribution in [0.3, 0.4) is 0 Å². The van der Waals surface area contributed by atoms with Gasteiger partial charge in [0.15, 0.2) is 12.4 Å². The summed E-state index contributed by atoms with van der Waals surface area (Å²) in [5, 5.41) is 8.93. The van der Waals surface area contributed by atoms with Crippen LogP contribution in [0.1, 0.15) is 34.3 Å². The summed E-state index contributed by atoms with van der Waals surface area (Å²) in [6, 6.07) is 16.4. The minimum absolute atomic E-state index is 0.139. The molecule has 2 aliphatic rings. The Morgan fingerprint density at radius 1 is 1.14 bits per heavy atom. The summed E-state index contributed by atoms with van der Waals surface area (Å²) in [7, 11) is 1.32. The van der Waals surface area contributed by atoms with Crippen molar-refractivity contribution in [3.05, 3.63) is 70.8 Å². The summed E-state index contributed by atoms with van der Waals surface area (Å²) in [5.41, 5.74) is 3.60. The number of esters is 1. The van der Waals surface area contributed by atoms with E-state index in [1.807, 2.05) is 36.4 Å². The van der Waals surface area contributed by atoms with Crippen molar-refractivity contribution in [2.75, 3.05) is 13.7 Å². The first kappa shape index (κ1) is 18.6. The second-order valence-corrected chi connectivity index (χ2v) is 6.85. The zero-order valence-corrected chi connectivity index (χ0v) is 16.0. The molecule has 0 spiro atoms. The maximum atomic E-state index is 13.3. The lowest BCUT2D eigenvalue weighted by atomic mass is 9.75. The quantitative estimate of drug-likeness (QED) is 0.750. The zero-order valence-electron chi connectivity index (χ0n) is 16.0. The highest BCUT2D eigenvalue weighted by Gasteiger charge is 2.46. The SMILES string of the molecule is COC(=O)C1C(C)=NC2=C(C(=O)c3ccccc32)[C@H]1c1ccccc1OCC#N. The van der Waals surface area contributed by atoms with Gasteiger partial charge >= 0.3 is 5.97 Å². The van der Waals surface area contributed by atoms with Crippen molar-refractivity contribution >= 4 is 23.2 Å². The Kier molecular flexibility index (Phi) is 4.73. The fraction of sp³-hybridized carbons (Fsp3) is 0.217. The Morgan fingerprint density at radius 2 is 1.83 bits per heavy atom. The molecule has 1 unspecified atom stereocenters. The summed E-state index contributed by atoms with van der Waals surface area (Å²) >= 11 is 0. The number of carbonyl (C=O) groups excluding carboxylic acids is 2. The first-order chi connectivity index (χ1) is 14.1. The van der Waals surface area contributed by atoms with Crippen LogP contribution in [0, 0.1) is 17.2 Å². The molecule has 1 heterocycles. The summed E-state index contributed by atoms with van der Waals surface area (Å²) < 4.78 is 10.7. The Labute approximate surface area is 168 Å². The Balaban J connectivity index is 1.95. The number of benzene rings is 2. The molecular formula is C23H18N2O4. The molecule has 0 amide bonds. The van der Waals surface area contributed by atoms with E-state index in [-0.39, 0.29) is 12.4 Å². The van der Waals surface area contributed by atoms with Crippen LogP contribution in [0.25, 0.3) is 5.70 Å². The zero-order chi connectivity index (χ0) is 20.5. The van der Waals surface area contributed by atoms with Crippen molar-refractivity contribution in [1.29, 1.82) is 5.26 Å². The number of methoxy groups -OCH3 is 1. The highest BCUT2D eigenvalue weighted by Crippen LogP contribution is 2.49. The Morgan fingerprint density at radius 3 is 2.55 bits per heavy atom. The van der Waals surface area contributed by atoms with Crippen molar-refractivity contribution in [3.63, 3.8) is 0 Å². The third kappa shape index (κ3) is 2.92. The monoisotopic (exact) mass is 386 g/mol. The lowest BCUT2D eigenvalue weighted by Crippen LogP contribution is -2.34. The standard InChI is InChI=1S/C23H18N2O4/c1-13-18(23(27)28-2)19(16-9-5-6-10-17(16)29-12-11-24)20-21(25-13)14-7-3-4-8-15(14)22(20)26/h3-10,18-19H,12H2,1-2H3/t18?,19-/m0/s1. The molecule has 2 aromatic rings. The van der Waals surface area contributed by atoms with E-state index in [2.05, 4.69) is 4.99 Å². The fourth-order valence-corrected chi connectivity index (χ4v) is 4.10. The average Bonchev–Trinajstić information content (AvgIpc) is 3.03. The van der Waals surface area contributed by atoms with Crippen molar-refractivity contribution in [2.24, 2.45) is 10.9 Å². The number of carbonyl (C=O) groups is 2. The van der Waals surface area contributed by atoms with Crippen LogP contribution in [0.4, 0.5) is 0 Å². The number of aliphatic imine (C=N–C) groups is 1. The molecule has 6 heteroatoms. The second-order valence-electron chi connectivity index (χ2n) is 6.85. The number of Topliss-reactive ketones (excluding diaryl/α,β-unsaturated/α-hetero) is 1. The number of allylic oxidation sites excluding steroid dienone is 1. The molecule has 0 saturated carbocycles. The van der Waals surface area contributed by atoms with E-state index >= 15 is 0 Å². The minimum Gasteiger partial charge on any atom is -0.478 e. The van der Waals surface area contributed by atoms with E-state index in [9.17, 15) is 9.59 Å². The number of ketones is 1. The van der Waals surface area contributed by atoms with Gasteiger partial charge in [-0.05, 0) is 13.0 Å². The van der Waals surface area contributed by atoms with Gasteiger partial charge in [0.1, 0.15) is 17.7 Å². The Bertz CT molecular complexity index is 1120. The van der Waals surface area contributed by atoms with Gasteiger partial charge < -0.3 is 9.47 Å². The number of nitrogens with zero attached hydrogens (tertiary/aromatic N) is 2. The predicted octanol–water partition coefficient (Wildman–Crippen LogP) is 3.54. The van der Waals surface area contributed by atoms with Crippen molar-refractivity contribution in [3.8, 4) is 11.8 Å².